The van der Waals surface area contributed by atoms with Gasteiger partial charge in [0.2, 0.25) is 0 Å². The molecule has 4 rings (SSSR count). The number of hydrogen-bond donors (Lipinski definition) is 1. The van der Waals surface area contributed by atoms with Crippen molar-refractivity contribution in [3.05, 3.63) is 30.0 Å². The molecule has 0 spiro atoms. The Labute approximate surface area is 100 Å². The number of benzene rings is 1. The van der Waals surface area contributed by atoms with Gasteiger partial charge in [0.15, 0.2) is 0 Å². The summed E-state index contributed by atoms with van der Waals surface area (Å²) in [6.45, 7) is 1.14. The van der Waals surface area contributed by atoms with Gasteiger partial charge in [0.25, 0.3) is 0 Å². The molecule has 2 aliphatic heterocycles. The van der Waals surface area contributed by atoms with E-state index in [-0.39, 0.29) is 0 Å². The second-order valence-corrected chi connectivity index (χ2v) is 5.19. The Bertz CT molecular complexity index is 575. The maximum atomic E-state index is 6.22. The highest BCUT2D eigenvalue weighted by atomic mass is 16.5. The summed E-state index contributed by atoms with van der Waals surface area (Å²) in [6, 6.07) is 6.81. The van der Waals surface area contributed by atoms with E-state index >= 15 is 0 Å². The second kappa shape index (κ2) is 3.26. The fraction of sp³-hybridized carbons (Fsp3) is 0.429. The number of nitrogens with one attached hydrogen (secondary N) is 1. The number of aromatic amines is 1. The topological polar surface area (TPSA) is 28.3 Å². The van der Waals surface area contributed by atoms with E-state index < -0.39 is 0 Å². The van der Waals surface area contributed by atoms with Crippen molar-refractivity contribution in [3.8, 4) is 5.75 Å². The van der Waals surface area contributed by atoms with Crippen LogP contribution >= 0.6 is 0 Å². The molecule has 2 aromatic rings. The number of ether oxygens (including phenoxy) is 1. The molecular formula is C14H16N2O. The first-order valence-corrected chi connectivity index (χ1v) is 6.29. The van der Waals surface area contributed by atoms with Crippen LogP contribution in [0.25, 0.3) is 10.9 Å². The summed E-state index contributed by atoms with van der Waals surface area (Å²) >= 11 is 0. The second-order valence-electron chi connectivity index (χ2n) is 5.19. The van der Waals surface area contributed by atoms with Gasteiger partial charge >= 0.3 is 0 Å². The Morgan fingerprint density at radius 1 is 1.41 bits per heavy atom. The SMILES string of the molecule is CN1CCC2Oc3cccc4[nH]cc(c34)CC21. The number of nitrogens with zero attached hydrogens (tertiary/aromatic N) is 1. The fourth-order valence-corrected chi connectivity index (χ4v) is 3.26. The van der Waals surface area contributed by atoms with Crippen LogP contribution in [0.2, 0.25) is 0 Å². The Kier molecular flexibility index (Phi) is 1.83. The zero-order chi connectivity index (χ0) is 11.4. The zero-order valence-corrected chi connectivity index (χ0v) is 9.94. The van der Waals surface area contributed by atoms with Gasteiger partial charge in [0.05, 0.1) is 6.04 Å². The molecule has 1 aromatic heterocycles. The highest BCUT2D eigenvalue weighted by Crippen LogP contribution is 2.37. The fourth-order valence-electron chi connectivity index (χ4n) is 3.26. The number of H-pyrrole nitrogens is 1. The van der Waals surface area contributed by atoms with Gasteiger partial charge < -0.3 is 9.72 Å². The van der Waals surface area contributed by atoms with E-state index in [2.05, 4.69) is 41.3 Å². The van der Waals surface area contributed by atoms with Crippen molar-refractivity contribution in [2.75, 3.05) is 13.6 Å². The molecule has 88 valence electrons. The van der Waals surface area contributed by atoms with Gasteiger partial charge in [0, 0.05) is 23.6 Å². The molecule has 2 atom stereocenters. The van der Waals surface area contributed by atoms with Gasteiger partial charge in [0.1, 0.15) is 11.9 Å². The predicted octanol–water partition coefficient (Wildman–Crippen LogP) is 2.18. The minimum atomic E-state index is 0.359. The highest BCUT2D eigenvalue weighted by molar-refractivity contribution is 5.89. The average Bonchev–Trinajstić information content (AvgIpc) is 2.83. The molecule has 0 radical (unpaired) electrons. The van der Waals surface area contributed by atoms with Crippen molar-refractivity contribution >= 4 is 10.9 Å². The molecule has 3 heterocycles. The van der Waals surface area contributed by atoms with Crippen molar-refractivity contribution in [2.24, 2.45) is 0 Å². The monoisotopic (exact) mass is 228 g/mol. The summed E-state index contributed by atoms with van der Waals surface area (Å²) in [7, 11) is 2.20. The average molecular weight is 228 g/mol. The van der Waals surface area contributed by atoms with Crippen LogP contribution in [0.15, 0.2) is 24.4 Å². The number of likely N-dealkylation sites (N-methyl/N-ethyl adjacent to an activating group) is 1. The van der Waals surface area contributed by atoms with Crippen molar-refractivity contribution < 1.29 is 4.74 Å². The lowest BCUT2D eigenvalue weighted by atomic mass is 10.0. The van der Waals surface area contributed by atoms with E-state index in [4.69, 9.17) is 4.74 Å². The lowest BCUT2D eigenvalue weighted by molar-refractivity contribution is 0.155. The Morgan fingerprint density at radius 2 is 2.35 bits per heavy atom. The standard InChI is InChI=1S/C14H16N2O/c1-16-6-5-12-11(16)7-9-8-15-10-3-2-4-13(17-12)14(9)10/h2-4,8,11-12,15H,5-7H2,1H3. The first kappa shape index (κ1) is 9.54. The molecule has 1 N–H and O–H groups in total. The van der Waals surface area contributed by atoms with Crippen LogP contribution in [0, 0.1) is 0 Å². The van der Waals surface area contributed by atoms with Gasteiger partial charge in [-0.05, 0) is 37.6 Å². The van der Waals surface area contributed by atoms with Crippen LogP contribution in [0.3, 0.4) is 0 Å². The quantitative estimate of drug-likeness (QED) is 0.748. The Morgan fingerprint density at radius 3 is 3.29 bits per heavy atom. The maximum Gasteiger partial charge on any atom is 0.129 e. The molecule has 0 aliphatic carbocycles. The summed E-state index contributed by atoms with van der Waals surface area (Å²) in [5.74, 6) is 1.06. The molecule has 1 fully saturated rings. The van der Waals surface area contributed by atoms with E-state index in [1.807, 2.05) is 0 Å². The van der Waals surface area contributed by atoms with Crippen LogP contribution < -0.4 is 4.74 Å². The first-order chi connectivity index (χ1) is 8.33. The largest absolute Gasteiger partial charge is 0.488 e. The minimum Gasteiger partial charge on any atom is -0.488 e. The lowest BCUT2D eigenvalue weighted by Crippen LogP contribution is -2.36. The number of hydrogen-bond acceptors (Lipinski definition) is 2. The molecule has 2 aliphatic rings. The van der Waals surface area contributed by atoms with Crippen LogP contribution in [-0.4, -0.2) is 35.6 Å². The maximum absolute atomic E-state index is 6.22. The molecular weight excluding hydrogens is 212 g/mol. The van der Waals surface area contributed by atoms with Gasteiger partial charge in [-0.3, -0.25) is 4.90 Å². The van der Waals surface area contributed by atoms with Crippen LogP contribution in [-0.2, 0) is 6.42 Å². The normalized spacial score (nSPS) is 27.8. The smallest absolute Gasteiger partial charge is 0.129 e. The predicted molar refractivity (Wildman–Crippen MR) is 67.5 cm³/mol. The van der Waals surface area contributed by atoms with Crippen molar-refractivity contribution in [1.29, 1.82) is 0 Å². The van der Waals surface area contributed by atoms with E-state index in [0.717, 1.165) is 25.1 Å². The van der Waals surface area contributed by atoms with E-state index in [1.54, 1.807) is 0 Å². The number of fused-ring (bicyclic) bond motifs is 1. The molecule has 0 saturated carbocycles. The summed E-state index contributed by atoms with van der Waals surface area (Å²) in [6.07, 6.45) is 4.74. The van der Waals surface area contributed by atoms with Crippen molar-refractivity contribution in [1.82, 2.24) is 9.88 Å². The first-order valence-electron chi connectivity index (χ1n) is 6.29. The summed E-state index contributed by atoms with van der Waals surface area (Å²) < 4.78 is 6.22. The molecule has 1 saturated heterocycles. The van der Waals surface area contributed by atoms with E-state index in [1.165, 1.54) is 16.5 Å². The van der Waals surface area contributed by atoms with Crippen LogP contribution in [0.1, 0.15) is 12.0 Å². The van der Waals surface area contributed by atoms with Crippen molar-refractivity contribution in [2.45, 2.75) is 25.0 Å². The lowest BCUT2D eigenvalue weighted by Gasteiger charge is -2.23. The number of likely N-dealkylation sites (tertiary alicyclic amines) is 1. The number of aromatic nitrogens is 1. The van der Waals surface area contributed by atoms with Gasteiger partial charge in [-0.1, -0.05) is 6.07 Å². The molecule has 17 heavy (non-hydrogen) atoms. The molecule has 3 nitrogen and oxygen atoms in total. The molecule has 0 amide bonds. The molecule has 3 heteroatoms. The molecule has 2 unspecified atom stereocenters. The number of rotatable bonds is 0. The minimum absolute atomic E-state index is 0.359. The van der Waals surface area contributed by atoms with E-state index in [0.29, 0.717) is 12.1 Å². The zero-order valence-electron chi connectivity index (χ0n) is 9.94. The third-order valence-corrected chi connectivity index (χ3v) is 4.22. The van der Waals surface area contributed by atoms with Crippen LogP contribution in [0.4, 0.5) is 0 Å². The van der Waals surface area contributed by atoms with Gasteiger partial charge in [-0.15, -0.1) is 0 Å². The summed E-state index contributed by atoms with van der Waals surface area (Å²) in [5.41, 5.74) is 2.59. The summed E-state index contributed by atoms with van der Waals surface area (Å²) in [4.78, 5) is 5.77. The Balaban J connectivity index is 1.91. The third kappa shape index (κ3) is 1.26. The third-order valence-electron chi connectivity index (χ3n) is 4.22. The van der Waals surface area contributed by atoms with Gasteiger partial charge in [-0.2, -0.15) is 0 Å². The summed E-state index contributed by atoms with van der Waals surface area (Å²) in [5, 5.41) is 1.29. The Hall–Kier alpha value is -1.48. The van der Waals surface area contributed by atoms with E-state index in [9.17, 15) is 0 Å². The highest BCUT2D eigenvalue weighted by Gasteiger charge is 2.36. The van der Waals surface area contributed by atoms with Crippen molar-refractivity contribution in [3.63, 3.8) is 0 Å². The molecule has 1 aromatic carbocycles. The van der Waals surface area contributed by atoms with Crippen LogP contribution in [0.5, 0.6) is 5.75 Å². The molecule has 0 bridgehead atoms. The van der Waals surface area contributed by atoms with Gasteiger partial charge in [-0.25, -0.2) is 0 Å².